The van der Waals surface area contributed by atoms with E-state index in [1.807, 2.05) is 47.1 Å². The molecule has 0 atom stereocenters. The Bertz CT molecular complexity index is 706. The lowest BCUT2D eigenvalue weighted by atomic mass is 10.3. The van der Waals surface area contributed by atoms with E-state index in [-0.39, 0.29) is 0 Å². The third-order valence-corrected chi connectivity index (χ3v) is 2.94. The Hall–Kier alpha value is -2.62. The molecule has 0 radical (unpaired) electrons. The number of hydrogen-bond acceptors (Lipinski definition) is 3. The van der Waals surface area contributed by atoms with Crippen molar-refractivity contribution < 1.29 is 4.42 Å². The van der Waals surface area contributed by atoms with Crippen LogP contribution in [-0.2, 0) is 0 Å². The Labute approximate surface area is 103 Å². The van der Waals surface area contributed by atoms with Crippen LogP contribution in [0.15, 0.2) is 59.5 Å². The molecule has 0 N–H and O–H groups in total. The average molecular weight is 235 g/mol. The van der Waals surface area contributed by atoms with Crippen molar-refractivity contribution in [1.29, 1.82) is 0 Å². The van der Waals surface area contributed by atoms with Crippen molar-refractivity contribution in [2.24, 2.45) is 0 Å². The predicted molar refractivity (Wildman–Crippen MR) is 68.2 cm³/mol. The number of nitrogens with zero attached hydrogens (tertiary/aromatic N) is 3. The van der Waals surface area contributed by atoms with E-state index in [1.54, 1.807) is 12.4 Å². The number of fused-ring (bicyclic) bond motifs is 2. The number of rotatable bonds is 1. The van der Waals surface area contributed by atoms with Crippen molar-refractivity contribution in [1.82, 2.24) is 14.4 Å². The van der Waals surface area contributed by atoms with Crippen LogP contribution < -0.4 is 0 Å². The molecule has 0 fully saturated rings. The van der Waals surface area contributed by atoms with E-state index in [2.05, 4.69) is 9.97 Å². The van der Waals surface area contributed by atoms with Gasteiger partial charge in [0.2, 0.25) is 0 Å². The summed E-state index contributed by atoms with van der Waals surface area (Å²) < 4.78 is 7.72. The fourth-order valence-corrected chi connectivity index (χ4v) is 2.06. The van der Waals surface area contributed by atoms with Gasteiger partial charge in [-0.2, -0.15) is 0 Å². The quantitative estimate of drug-likeness (QED) is 0.509. The molecule has 0 saturated carbocycles. The normalized spacial score (nSPS) is 11.3. The van der Waals surface area contributed by atoms with Crippen molar-refractivity contribution in [3.8, 4) is 11.5 Å². The van der Waals surface area contributed by atoms with Gasteiger partial charge in [-0.05, 0) is 24.3 Å². The average Bonchev–Trinajstić information content (AvgIpc) is 3.02. The first kappa shape index (κ1) is 9.41. The van der Waals surface area contributed by atoms with Gasteiger partial charge in [-0.1, -0.05) is 6.07 Å². The minimum absolute atomic E-state index is 0.765. The summed E-state index contributed by atoms with van der Waals surface area (Å²) in [5.41, 5.74) is 2.52. The summed E-state index contributed by atoms with van der Waals surface area (Å²) in [6.07, 6.45) is 7.40. The zero-order chi connectivity index (χ0) is 11.9. The predicted octanol–water partition coefficient (Wildman–Crippen LogP) is 3.14. The topological polar surface area (TPSA) is 43.3 Å². The number of imidazole rings is 1. The second-order valence-corrected chi connectivity index (χ2v) is 4.12. The number of pyridine rings is 2. The van der Waals surface area contributed by atoms with Crippen molar-refractivity contribution in [3.63, 3.8) is 0 Å². The van der Waals surface area contributed by atoms with Gasteiger partial charge in [0.1, 0.15) is 11.3 Å². The molecule has 0 amide bonds. The van der Waals surface area contributed by atoms with Gasteiger partial charge in [0.25, 0.3) is 0 Å². The minimum atomic E-state index is 0.765. The Balaban J connectivity index is 1.95. The lowest BCUT2D eigenvalue weighted by Gasteiger charge is -1.86. The van der Waals surface area contributed by atoms with E-state index in [9.17, 15) is 0 Å². The third kappa shape index (κ3) is 1.32. The van der Waals surface area contributed by atoms with E-state index in [4.69, 9.17) is 4.42 Å². The zero-order valence-electron chi connectivity index (χ0n) is 9.45. The third-order valence-electron chi connectivity index (χ3n) is 2.94. The van der Waals surface area contributed by atoms with E-state index < -0.39 is 0 Å². The summed E-state index contributed by atoms with van der Waals surface area (Å²) in [6.45, 7) is 0. The summed E-state index contributed by atoms with van der Waals surface area (Å²) in [4.78, 5) is 8.57. The highest BCUT2D eigenvalue weighted by atomic mass is 16.3. The van der Waals surface area contributed by atoms with Crippen LogP contribution in [0.1, 0.15) is 0 Å². The van der Waals surface area contributed by atoms with E-state index in [0.717, 1.165) is 28.1 Å². The van der Waals surface area contributed by atoms with Crippen LogP contribution in [0.25, 0.3) is 28.1 Å². The van der Waals surface area contributed by atoms with Crippen molar-refractivity contribution in [2.75, 3.05) is 0 Å². The molecule has 0 spiro atoms. The molecule has 0 aromatic carbocycles. The summed E-state index contributed by atoms with van der Waals surface area (Å²) in [7, 11) is 0. The fourth-order valence-electron chi connectivity index (χ4n) is 2.06. The number of aromatic nitrogens is 3. The first-order valence-corrected chi connectivity index (χ1v) is 5.68. The molecule has 0 aliphatic heterocycles. The molecule has 4 heteroatoms. The molecule has 4 heterocycles. The standard InChI is InChI=1S/C14H9N3O/c1-2-6-17-9-11(16-14(17)3-1)12-7-10-4-5-15-8-13(10)18-12/h1-9H. The highest BCUT2D eigenvalue weighted by molar-refractivity contribution is 5.81. The SMILES string of the molecule is c1ccn2cc(-c3cc4ccncc4o3)nc2c1. The van der Waals surface area contributed by atoms with Gasteiger partial charge in [0.05, 0.1) is 6.20 Å². The highest BCUT2D eigenvalue weighted by Crippen LogP contribution is 2.26. The summed E-state index contributed by atoms with van der Waals surface area (Å²) in [5.74, 6) is 0.765. The molecular weight excluding hydrogens is 226 g/mol. The lowest BCUT2D eigenvalue weighted by molar-refractivity contribution is 0.627. The molecule has 4 aromatic rings. The summed E-state index contributed by atoms with van der Waals surface area (Å²) in [5, 5.41) is 1.04. The molecule has 4 rings (SSSR count). The van der Waals surface area contributed by atoms with Crippen LogP contribution in [0, 0.1) is 0 Å². The summed E-state index contributed by atoms with van der Waals surface area (Å²) in [6, 6.07) is 9.82. The largest absolute Gasteiger partial charge is 0.453 e. The maximum absolute atomic E-state index is 5.75. The Morgan fingerprint density at radius 2 is 2.17 bits per heavy atom. The van der Waals surface area contributed by atoms with Crippen LogP contribution in [-0.4, -0.2) is 14.4 Å². The summed E-state index contributed by atoms with van der Waals surface area (Å²) >= 11 is 0. The molecule has 86 valence electrons. The van der Waals surface area contributed by atoms with Gasteiger partial charge < -0.3 is 8.82 Å². The smallest absolute Gasteiger partial charge is 0.155 e. The van der Waals surface area contributed by atoms with E-state index in [0.29, 0.717) is 0 Å². The van der Waals surface area contributed by atoms with Crippen LogP contribution >= 0.6 is 0 Å². The lowest BCUT2D eigenvalue weighted by Crippen LogP contribution is -1.77. The van der Waals surface area contributed by atoms with Gasteiger partial charge >= 0.3 is 0 Å². The van der Waals surface area contributed by atoms with Crippen LogP contribution in [0.2, 0.25) is 0 Å². The van der Waals surface area contributed by atoms with Crippen molar-refractivity contribution in [3.05, 3.63) is 55.1 Å². The molecular formula is C14H9N3O. The molecule has 0 bridgehead atoms. The molecule has 0 saturated heterocycles. The van der Waals surface area contributed by atoms with Crippen LogP contribution in [0.4, 0.5) is 0 Å². The second kappa shape index (κ2) is 3.43. The van der Waals surface area contributed by atoms with Gasteiger partial charge in [-0.25, -0.2) is 4.98 Å². The highest BCUT2D eigenvalue weighted by Gasteiger charge is 2.09. The number of furan rings is 1. The van der Waals surface area contributed by atoms with E-state index in [1.165, 1.54) is 0 Å². The Morgan fingerprint density at radius 1 is 1.17 bits per heavy atom. The molecule has 4 nitrogen and oxygen atoms in total. The van der Waals surface area contributed by atoms with Gasteiger partial charge in [-0.3, -0.25) is 4.98 Å². The first-order valence-electron chi connectivity index (χ1n) is 5.68. The fraction of sp³-hybridized carbons (Fsp3) is 0. The maximum atomic E-state index is 5.75. The molecule has 0 aliphatic carbocycles. The van der Waals surface area contributed by atoms with Gasteiger partial charge in [-0.15, -0.1) is 0 Å². The minimum Gasteiger partial charge on any atom is -0.453 e. The maximum Gasteiger partial charge on any atom is 0.155 e. The van der Waals surface area contributed by atoms with Gasteiger partial charge in [0, 0.05) is 24.0 Å². The Kier molecular flexibility index (Phi) is 1.80. The molecule has 0 aliphatic rings. The van der Waals surface area contributed by atoms with Crippen molar-refractivity contribution in [2.45, 2.75) is 0 Å². The molecule has 0 unspecified atom stereocenters. The Morgan fingerprint density at radius 3 is 3.06 bits per heavy atom. The second-order valence-electron chi connectivity index (χ2n) is 4.12. The van der Waals surface area contributed by atoms with Crippen LogP contribution in [0.5, 0.6) is 0 Å². The van der Waals surface area contributed by atoms with Gasteiger partial charge in [0.15, 0.2) is 11.3 Å². The van der Waals surface area contributed by atoms with Crippen molar-refractivity contribution >= 4 is 16.6 Å². The van der Waals surface area contributed by atoms with Crippen LogP contribution in [0.3, 0.4) is 0 Å². The molecule has 18 heavy (non-hydrogen) atoms. The van der Waals surface area contributed by atoms with E-state index >= 15 is 0 Å². The number of hydrogen-bond donors (Lipinski definition) is 0. The zero-order valence-corrected chi connectivity index (χ0v) is 9.45. The molecule has 4 aromatic heterocycles. The first-order chi connectivity index (χ1) is 8.90. The monoisotopic (exact) mass is 235 g/mol.